The van der Waals surface area contributed by atoms with Gasteiger partial charge in [0.05, 0.1) is 12.1 Å². The van der Waals surface area contributed by atoms with Gasteiger partial charge in [-0.25, -0.2) is 19.7 Å². The Bertz CT molecular complexity index is 720. The van der Waals surface area contributed by atoms with E-state index in [9.17, 15) is 4.79 Å². The highest BCUT2D eigenvalue weighted by molar-refractivity contribution is 9.10. The molecular formula is C14H18BrN5O2. The van der Waals surface area contributed by atoms with Crippen molar-refractivity contribution >= 4 is 38.9 Å². The van der Waals surface area contributed by atoms with E-state index in [0.717, 1.165) is 0 Å². The van der Waals surface area contributed by atoms with Gasteiger partial charge in [0.25, 0.3) is 0 Å². The van der Waals surface area contributed by atoms with E-state index >= 15 is 0 Å². The third kappa shape index (κ3) is 3.68. The molecule has 0 saturated carbocycles. The van der Waals surface area contributed by atoms with Crippen LogP contribution < -0.4 is 0 Å². The Morgan fingerprint density at radius 3 is 2.73 bits per heavy atom. The lowest BCUT2D eigenvalue weighted by Gasteiger charge is -2.21. The van der Waals surface area contributed by atoms with Gasteiger partial charge in [-0.1, -0.05) is 6.92 Å². The van der Waals surface area contributed by atoms with E-state index in [1.807, 2.05) is 6.92 Å². The molecule has 0 aliphatic rings. The maximum absolute atomic E-state index is 12.1. The maximum atomic E-state index is 12.1. The first-order valence-electron chi connectivity index (χ1n) is 6.91. The third-order valence-electron chi connectivity index (χ3n) is 2.90. The van der Waals surface area contributed by atoms with Crippen LogP contribution in [0.25, 0.3) is 11.3 Å². The average Bonchev–Trinajstić information content (AvgIpc) is 2.79. The second kappa shape index (κ2) is 6.12. The molecule has 2 rings (SSSR count). The number of nitrogens with zero attached hydrogens (tertiary/aromatic N) is 3. The third-order valence-corrected chi connectivity index (χ3v) is 3.28. The second-order valence-electron chi connectivity index (χ2n) is 5.86. The number of aromatic nitrogens is 4. The van der Waals surface area contributed by atoms with Gasteiger partial charge < -0.3 is 9.72 Å². The number of hydrogen-bond donors (Lipinski definition) is 2. The largest absolute Gasteiger partial charge is 0.455 e. The lowest BCUT2D eigenvalue weighted by Crippen LogP contribution is -2.31. The van der Waals surface area contributed by atoms with Crippen LogP contribution in [0.4, 0.5) is 0 Å². The summed E-state index contributed by atoms with van der Waals surface area (Å²) in [5, 5.41) is 8.10. The number of rotatable bonds is 4. The molecule has 8 heteroatoms. The van der Waals surface area contributed by atoms with Crippen molar-refractivity contribution in [2.45, 2.75) is 45.6 Å². The Labute approximate surface area is 136 Å². The minimum absolute atomic E-state index is 0.129. The fourth-order valence-corrected chi connectivity index (χ4v) is 2.24. The summed E-state index contributed by atoms with van der Waals surface area (Å²) in [6.07, 6.45) is 2.09. The van der Waals surface area contributed by atoms with Gasteiger partial charge in [0.15, 0.2) is 11.3 Å². The van der Waals surface area contributed by atoms with Crippen molar-refractivity contribution < 1.29 is 9.53 Å². The molecule has 2 aromatic heterocycles. The number of carbonyl (C=O) groups excluding carboxylic acids is 1. The van der Waals surface area contributed by atoms with E-state index in [2.05, 4.69) is 35.9 Å². The van der Waals surface area contributed by atoms with E-state index in [0.29, 0.717) is 28.1 Å². The molecular weight excluding hydrogens is 350 g/mol. The molecule has 0 aliphatic heterocycles. The van der Waals surface area contributed by atoms with Crippen molar-refractivity contribution in [3.8, 4) is 0 Å². The van der Waals surface area contributed by atoms with Crippen molar-refractivity contribution in [3.05, 3.63) is 16.6 Å². The van der Waals surface area contributed by atoms with E-state index in [4.69, 9.17) is 10.1 Å². The first-order valence-corrected chi connectivity index (χ1v) is 7.70. The van der Waals surface area contributed by atoms with E-state index in [-0.39, 0.29) is 5.71 Å². The van der Waals surface area contributed by atoms with Gasteiger partial charge in [0, 0.05) is 0 Å². The normalized spacial score (nSPS) is 13.1. The number of nitrogens with one attached hydrogen (secondary N) is 2. The van der Waals surface area contributed by atoms with Crippen LogP contribution in [-0.2, 0) is 9.53 Å². The summed E-state index contributed by atoms with van der Waals surface area (Å²) in [6, 6.07) is 0. The van der Waals surface area contributed by atoms with Crippen LogP contribution in [0.3, 0.4) is 0 Å². The Kier molecular flexibility index (Phi) is 4.60. The zero-order valence-electron chi connectivity index (χ0n) is 12.9. The number of ether oxygens (including phenoxy) is 1. The summed E-state index contributed by atoms with van der Waals surface area (Å²) in [5.74, 6) is -0.627. The van der Waals surface area contributed by atoms with Crippen molar-refractivity contribution in [3.63, 3.8) is 0 Å². The summed E-state index contributed by atoms with van der Waals surface area (Å²) in [5.41, 5.74) is 0.202. The van der Waals surface area contributed by atoms with E-state index < -0.39 is 17.5 Å². The van der Waals surface area contributed by atoms with Crippen LogP contribution in [0.1, 0.15) is 45.9 Å². The number of hydrogen-bond acceptors (Lipinski definition) is 6. The zero-order valence-corrected chi connectivity index (χ0v) is 14.5. The first-order chi connectivity index (χ1) is 10.2. The van der Waals surface area contributed by atoms with Gasteiger partial charge in [-0.05, 0) is 43.1 Å². The minimum atomic E-state index is -0.637. The van der Waals surface area contributed by atoms with Gasteiger partial charge in [0.2, 0.25) is 0 Å². The summed E-state index contributed by atoms with van der Waals surface area (Å²) in [7, 11) is 0. The lowest BCUT2D eigenvalue weighted by molar-refractivity contribution is -0.146. The van der Waals surface area contributed by atoms with Crippen molar-refractivity contribution in [2.24, 2.45) is 0 Å². The number of carbonyl (C=O) groups is 1. The van der Waals surface area contributed by atoms with Gasteiger partial charge >= 0.3 is 5.97 Å². The van der Waals surface area contributed by atoms with Gasteiger partial charge in [-0.2, -0.15) is 0 Å². The molecule has 2 N–H and O–H groups in total. The SMILES string of the molecule is CC[C@@H](C(=N)C(=O)OC(C)(C)C)c1nc2ncc(Br)nc2[nH]1. The molecule has 118 valence electrons. The first kappa shape index (κ1) is 16.5. The number of fused-ring (bicyclic) bond motifs is 1. The molecule has 2 heterocycles. The van der Waals surface area contributed by atoms with Crippen molar-refractivity contribution in [1.29, 1.82) is 5.41 Å². The smallest absolute Gasteiger partial charge is 0.353 e. The van der Waals surface area contributed by atoms with Gasteiger partial charge in [-0.15, -0.1) is 0 Å². The summed E-state index contributed by atoms with van der Waals surface area (Å²) in [4.78, 5) is 27.8. The molecule has 2 aromatic rings. The molecule has 0 radical (unpaired) electrons. The molecule has 0 saturated heterocycles. The average molecular weight is 368 g/mol. The van der Waals surface area contributed by atoms with Crippen molar-refractivity contribution in [2.75, 3.05) is 0 Å². The molecule has 1 atom stereocenters. The van der Waals surface area contributed by atoms with Crippen molar-refractivity contribution in [1.82, 2.24) is 19.9 Å². The highest BCUT2D eigenvalue weighted by Crippen LogP contribution is 2.22. The molecule has 0 bridgehead atoms. The Morgan fingerprint density at radius 2 is 2.14 bits per heavy atom. The Hall–Kier alpha value is -1.83. The zero-order chi connectivity index (χ0) is 16.5. The molecule has 0 amide bonds. The fraction of sp³-hybridized carbons (Fsp3) is 0.500. The van der Waals surface area contributed by atoms with Crippen LogP contribution in [0, 0.1) is 5.41 Å². The molecule has 22 heavy (non-hydrogen) atoms. The molecule has 7 nitrogen and oxygen atoms in total. The quantitative estimate of drug-likeness (QED) is 0.638. The monoisotopic (exact) mass is 367 g/mol. The maximum Gasteiger partial charge on any atom is 0.353 e. The highest BCUT2D eigenvalue weighted by Gasteiger charge is 2.28. The topological polar surface area (TPSA) is 105 Å². The van der Waals surface area contributed by atoms with Gasteiger partial charge in [0.1, 0.15) is 21.7 Å². The van der Waals surface area contributed by atoms with Crippen LogP contribution in [0.15, 0.2) is 10.8 Å². The number of halogens is 1. The Balaban J connectivity index is 2.29. The molecule has 0 fully saturated rings. The molecule has 0 aliphatic carbocycles. The molecule has 0 spiro atoms. The Morgan fingerprint density at radius 1 is 1.45 bits per heavy atom. The highest BCUT2D eigenvalue weighted by atomic mass is 79.9. The molecule has 0 unspecified atom stereocenters. The summed E-state index contributed by atoms with van der Waals surface area (Å²) in [6.45, 7) is 7.19. The standard InChI is InChI=1S/C14H18BrN5O2/c1-5-7(9(16)13(21)22-14(2,3)4)10-19-11-12(20-10)18-8(15)6-17-11/h6-7,16H,5H2,1-4H3,(H,17,18,19,20)/t7-/m0/s1. The molecule has 0 aromatic carbocycles. The number of esters is 1. The van der Waals surface area contributed by atoms with Crippen LogP contribution in [0.2, 0.25) is 0 Å². The summed E-state index contributed by atoms with van der Waals surface area (Å²) < 4.78 is 5.84. The number of aromatic amines is 1. The minimum Gasteiger partial charge on any atom is -0.455 e. The predicted octanol–water partition coefficient (Wildman–Crippen LogP) is 2.97. The number of H-pyrrole nitrogens is 1. The predicted molar refractivity (Wildman–Crippen MR) is 86.0 cm³/mol. The van der Waals surface area contributed by atoms with E-state index in [1.54, 1.807) is 27.0 Å². The number of imidazole rings is 1. The van der Waals surface area contributed by atoms with Crippen LogP contribution in [-0.4, -0.2) is 37.2 Å². The van der Waals surface area contributed by atoms with Crippen LogP contribution >= 0.6 is 15.9 Å². The fourth-order valence-electron chi connectivity index (χ4n) is 1.96. The van der Waals surface area contributed by atoms with Gasteiger partial charge in [-0.3, -0.25) is 5.41 Å². The lowest BCUT2D eigenvalue weighted by atomic mass is 9.99. The summed E-state index contributed by atoms with van der Waals surface area (Å²) >= 11 is 3.24. The van der Waals surface area contributed by atoms with E-state index in [1.165, 1.54) is 0 Å². The second-order valence-corrected chi connectivity index (χ2v) is 6.68. The van der Waals surface area contributed by atoms with Crippen LogP contribution in [0.5, 0.6) is 0 Å².